The van der Waals surface area contributed by atoms with Crippen LogP contribution in [0, 0.1) is 11.8 Å². The second-order valence-corrected chi connectivity index (χ2v) is 7.21. The van der Waals surface area contributed by atoms with Crippen LogP contribution in [0.25, 0.3) is 0 Å². The van der Waals surface area contributed by atoms with Crippen molar-refractivity contribution in [2.75, 3.05) is 6.54 Å². The molecule has 0 saturated heterocycles. The van der Waals surface area contributed by atoms with Crippen LogP contribution in [0.3, 0.4) is 0 Å². The van der Waals surface area contributed by atoms with E-state index in [0.29, 0.717) is 11.3 Å². The first-order valence-corrected chi connectivity index (χ1v) is 8.68. The van der Waals surface area contributed by atoms with Crippen molar-refractivity contribution in [3.8, 4) is 0 Å². The quantitative estimate of drug-likeness (QED) is 0.899. The molecular weight excluding hydrogens is 264 g/mol. The smallest absolute Gasteiger partial charge is 0.157 e. The van der Waals surface area contributed by atoms with Gasteiger partial charge in [-0.1, -0.05) is 62.4 Å². The molecule has 0 radical (unpaired) electrons. The maximum absolute atomic E-state index is 4.71. The summed E-state index contributed by atoms with van der Waals surface area (Å²) in [5, 5.41) is 5.36. The van der Waals surface area contributed by atoms with Crippen molar-refractivity contribution in [3.05, 3.63) is 35.9 Å². The van der Waals surface area contributed by atoms with Crippen LogP contribution in [0.15, 0.2) is 35.3 Å². The first-order valence-electron chi connectivity index (χ1n) is 7.80. The van der Waals surface area contributed by atoms with Gasteiger partial charge >= 0.3 is 0 Å². The van der Waals surface area contributed by atoms with Crippen molar-refractivity contribution in [3.63, 3.8) is 0 Å². The van der Waals surface area contributed by atoms with Crippen LogP contribution >= 0.6 is 11.8 Å². The molecule has 1 heterocycles. The summed E-state index contributed by atoms with van der Waals surface area (Å²) in [4.78, 5) is 4.71. The molecule has 0 amide bonds. The van der Waals surface area contributed by atoms with Crippen molar-refractivity contribution in [2.24, 2.45) is 16.8 Å². The van der Waals surface area contributed by atoms with Gasteiger partial charge in [-0.2, -0.15) is 0 Å². The van der Waals surface area contributed by atoms with Gasteiger partial charge in [-0.05, 0) is 30.2 Å². The Labute approximate surface area is 126 Å². The van der Waals surface area contributed by atoms with Crippen LogP contribution < -0.4 is 5.32 Å². The predicted octanol–water partition coefficient (Wildman–Crippen LogP) is 4.24. The molecule has 20 heavy (non-hydrogen) atoms. The second kappa shape index (κ2) is 6.21. The lowest BCUT2D eigenvalue weighted by Gasteiger charge is -2.21. The summed E-state index contributed by atoms with van der Waals surface area (Å²) in [5.74, 6) is 1.67. The van der Waals surface area contributed by atoms with E-state index in [4.69, 9.17) is 4.99 Å². The minimum Gasteiger partial charge on any atom is -0.362 e. The standard InChI is InChI=1S/C17H24N2S/c1-3-13-9-10-15(12(13)2)19-17-18-11-16(20-17)14-7-5-4-6-8-14/h4-8,12-13,15-16H,3,9-11H2,1-2H3,(H,18,19). The van der Waals surface area contributed by atoms with Crippen LogP contribution in [-0.4, -0.2) is 17.8 Å². The molecule has 1 aliphatic heterocycles. The van der Waals surface area contributed by atoms with Gasteiger partial charge in [0.25, 0.3) is 0 Å². The number of hydrogen-bond acceptors (Lipinski definition) is 3. The normalized spacial score (nSPS) is 33.2. The van der Waals surface area contributed by atoms with Gasteiger partial charge in [-0.25, -0.2) is 0 Å². The third kappa shape index (κ3) is 2.88. The average molecular weight is 288 g/mol. The van der Waals surface area contributed by atoms with E-state index in [9.17, 15) is 0 Å². The minimum absolute atomic E-state index is 0.498. The highest BCUT2D eigenvalue weighted by molar-refractivity contribution is 8.14. The number of rotatable bonds is 3. The van der Waals surface area contributed by atoms with E-state index in [1.54, 1.807) is 0 Å². The van der Waals surface area contributed by atoms with Crippen molar-refractivity contribution in [2.45, 2.75) is 44.4 Å². The van der Waals surface area contributed by atoms with Crippen LogP contribution in [0.1, 0.15) is 43.9 Å². The molecule has 0 spiro atoms. The molecule has 1 aromatic carbocycles. The Balaban J connectivity index is 1.56. The first-order chi connectivity index (χ1) is 9.78. The predicted molar refractivity (Wildman–Crippen MR) is 88.2 cm³/mol. The number of hydrogen-bond donors (Lipinski definition) is 1. The molecular formula is C17H24N2S. The zero-order valence-corrected chi connectivity index (χ0v) is 13.2. The number of benzene rings is 1. The van der Waals surface area contributed by atoms with Crippen LogP contribution in [0.4, 0.5) is 0 Å². The maximum Gasteiger partial charge on any atom is 0.157 e. The number of amidine groups is 1. The Bertz CT molecular complexity index is 471. The molecule has 4 unspecified atom stereocenters. The fourth-order valence-electron chi connectivity index (χ4n) is 3.48. The monoisotopic (exact) mass is 288 g/mol. The Morgan fingerprint density at radius 2 is 2.05 bits per heavy atom. The van der Waals surface area contributed by atoms with Gasteiger partial charge in [-0.3, -0.25) is 4.99 Å². The summed E-state index contributed by atoms with van der Waals surface area (Å²) in [6.45, 7) is 5.62. The Morgan fingerprint density at radius 3 is 2.75 bits per heavy atom. The van der Waals surface area contributed by atoms with Gasteiger partial charge in [0, 0.05) is 6.04 Å². The van der Waals surface area contributed by atoms with Gasteiger partial charge in [0.2, 0.25) is 0 Å². The molecule has 1 aromatic rings. The lowest BCUT2D eigenvalue weighted by Crippen LogP contribution is -2.35. The topological polar surface area (TPSA) is 24.4 Å². The maximum atomic E-state index is 4.71. The molecule has 4 atom stereocenters. The van der Waals surface area contributed by atoms with Crippen LogP contribution in [0.5, 0.6) is 0 Å². The molecule has 108 valence electrons. The fraction of sp³-hybridized carbons (Fsp3) is 0.588. The van der Waals surface area contributed by atoms with Crippen molar-refractivity contribution < 1.29 is 0 Å². The molecule has 3 rings (SSSR count). The minimum atomic E-state index is 0.498. The molecule has 0 aromatic heterocycles. The summed E-state index contributed by atoms with van der Waals surface area (Å²) in [6, 6.07) is 11.4. The summed E-state index contributed by atoms with van der Waals surface area (Å²) in [6.07, 6.45) is 3.98. The summed E-state index contributed by atoms with van der Waals surface area (Å²) >= 11 is 1.90. The van der Waals surface area contributed by atoms with Crippen LogP contribution in [-0.2, 0) is 0 Å². The van der Waals surface area contributed by atoms with Gasteiger partial charge in [0.1, 0.15) is 0 Å². The lowest BCUT2D eigenvalue weighted by molar-refractivity contribution is 0.369. The molecule has 2 aliphatic rings. The molecule has 1 N–H and O–H groups in total. The molecule has 2 nitrogen and oxygen atoms in total. The highest BCUT2D eigenvalue weighted by Gasteiger charge is 2.33. The van der Waals surface area contributed by atoms with Crippen LogP contribution in [0.2, 0.25) is 0 Å². The largest absolute Gasteiger partial charge is 0.362 e. The van der Waals surface area contributed by atoms with Gasteiger partial charge in [0.05, 0.1) is 11.8 Å². The third-order valence-corrected chi connectivity index (χ3v) is 6.06. The second-order valence-electron chi connectivity index (χ2n) is 6.02. The highest BCUT2D eigenvalue weighted by Crippen LogP contribution is 2.37. The molecule has 3 heteroatoms. The van der Waals surface area contributed by atoms with E-state index in [0.717, 1.165) is 23.5 Å². The molecule has 1 fully saturated rings. The van der Waals surface area contributed by atoms with Crippen molar-refractivity contribution >= 4 is 16.9 Å². The summed E-state index contributed by atoms with van der Waals surface area (Å²) in [5.41, 5.74) is 1.39. The zero-order chi connectivity index (χ0) is 13.9. The number of nitrogens with one attached hydrogen (secondary N) is 1. The molecule has 1 aliphatic carbocycles. The lowest BCUT2D eigenvalue weighted by atomic mass is 9.94. The number of aliphatic imine (C=N–C) groups is 1. The number of nitrogens with zero attached hydrogens (tertiary/aromatic N) is 1. The van der Waals surface area contributed by atoms with Gasteiger partial charge in [-0.15, -0.1) is 0 Å². The SMILES string of the molecule is CCC1CCC(NC2=NCC(c3ccccc3)S2)C1C. The van der Waals surface area contributed by atoms with Gasteiger partial charge in [0.15, 0.2) is 5.17 Å². The highest BCUT2D eigenvalue weighted by atomic mass is 32.2. The van der Waals surface area contributed by atoms with E-state index in [1.807, 2.05) is 11.8 Å². The van der Waals surface area contributed by atoms with E-state index in [1.165, 1.54) is 24.8 Å². The van der Waals surface area contributed by atoms with Crippen molar-refractivity contribution in [1.29, 1.82) is 0 Å². The van der Waals surface area contributed by atoms with Crippen molar-refractivity contribution in [1.82, 2.24) is 5.32 Å². The van der Waals surface area contributed by atoms with E-state index < -0.39 is 0 Å². The van der Waals surface area contributed by atoms with E-state index in [-0.39, 0.29) is 0 Å². The Hall–Kier alpha value is -0.960. The zero-order valence-electron chi connectivity index (χ0n) is 12.4. The Morgan fingerprint density at radius 1 is 1.25 bits per heavy atom. The third-order valence-electron chi connectivity index (χ3n) is 4.89. The summed E-state index contributed by atoms with van der Waals surface area (Å²) < 4.78 is 0. The van der Waals surface area contributed by atoms with E-state index >= 15 is 0 Å². The van der Waals surface area contributed by atoms with Gasteiger partial charge < -0.3 is 5.32 Å². The fourth-order valence-corrected chi connectivity index (χ4v) is 4.56. The Kier molecular flexibility index (Phi) is 4.35. The molecule has 1 saturated carbocycles. The first kappa shape index (κ1) is 14.0. The number of thioether (sulfide) groups is 1. The molecule has 0 bridgehead atoms. The summed E-state index contributed by atoms with van der Waals surface area (Å²) in [7, 11) is 0. The van der Waals surface area contributed by atoms with E-state index in [2.05, 4.69) is 49.5 Å². The average Bonchev–Trinajstić information content (AvgIpc) is 3.08.